The summed E-state index contributed by atoms with van der Waals surface area (Å²) in [4.78, 5) is 0. The Bertz CT molecular complexity index is 704. The van der Waals surface area contributed by atoms with E-state index >= 15 is 0 Å². The molecule has 4 rings (SSSR count). The summed E-state index contributed by atoms with van der Waals surface area (Å²) in [5, 5.41) is 0. The van der Waals surface area contributed by atoms with Gasteiger partial charge >= 0.3 is 0 Å². The number of rotatable bonds is 4. The average molecular weight is 330 g/mol. The number of hydrogen-bond acceptors (Lipinski definition) is 0. The lowest BCUT2D eigenvalue weighted by molar-refractivity contribution is 0.765. The third kappa shape index (κ3) is 3.30. The van der Waals surface area contributed by atoms with Gasteiger partial charge in [0.1, 0.15) is 0 Å². The van der Waals surface area contributed by atoms with Crippen LogP contribution in [0.1, 0.15) is 40.8 Å². The molecular formula is C23H23P. The van der Waals surface area contributed by atoms with Gasteiger partial charge in [-0.1, -0.05) is 98.9 Å². The summed E-state index contributed by atoms with van der Waals surface area (Å²) in [7, 11) is -0.101. The molecule has 0 N–H and O–H groups in total. The molecule has 3 aromatic carbocycles. The van der Waals surface area contributed by atoms with Crippen molar-refractivity contribution in [2.45, 2.75) is 30.3 Å². The van der Waals surface area contributed by atoms with E-state index in [2.05, 4.69) is 91.0 Å². The highest BCUT2D eigenvalue weighted by Gasteiger charge is 2.36. The molecule has 0 amide bonds. The van der Waals surface area contributed by atoms with Crippen LogP contribution in [0.4, 0.5) is 0 Å². The highest BCUT2D eigenvalue weighted by molar-refractivity contribution is 7.58. The van der Waals surface area contributed by atoms with E-state index in [0.29, 0.717) is 0 Å². The maximum Gasteiger partial charge on any atom is 0.00506 e. The molecular weight excluding hydrogens is 307 g/mol. The fourth-order valence-electron chi connectivity index (χ4n) is 3.95. The predicted octanol–water partition coefficient (Wildman–Crippen LogP) is 6.94. The van der Waals surface area contributed by atoms with Crippen molar-refractivity contribution in [3.8, 4) is 0 Å². The Morgan fingerprint density at radius 1 is 0.583 bits per heavy atom. The van der Waals surface area contributed by atoms with Crippen LogP contribution in [0, 0.1) is 0 Å². The smallest absolute Gasteiger partial charge is 0.00506 e. The van der Waals surface area contributed by atoms with E-state index in [4.69, 9.17) is 0 Å². The fourth-order valence-corrected chi connectivity index (χ4v) is 7.53. The summed E-state index contributed by atoms with van der Waals surface area (Å²) in [5.74, 6) is 0. The first-order valence-corrected chi connectivity index (χ1v) is 10.5. The molecule has 0 nitrogen and oxygen atoms in total. The van der Waals surface area contributed by atoms with Gasteiger partial charge in [0.2, 0.25) is 0 Å². The zero-order chi connectivity index (χ0) is 16.2. The van der Waals surface area contributed by atoms with Crippen molar-refractivity contribution in [2.24, 2.45) is 0 Å². The normalized spacial score (nSPS) is 23.2. The van der Waals surface area contributed by atoms with E-state index in [9.17, 15) is 0 Å². The molecule has 0 radical (unpaired) electrons. The second-order valence-corrected chi connectivity index (χ2v) is 9.18. The molecule has 1 aliphatic rings. The lowest BCUT2D eigenvalue weighted by Gasteiger charge is -2.27. The van der Waals surface area contributed by atoms with E-state index in [0.717, 1.165) is 11.3 Å². The van der Waals surface area contributed by atoms with E-state index in [1.807, 2.05) is 0 Å². The first kappa shape index (κ1) is 15.6. The molecule has 0 aromatic heterocycles. The summed E-state index contributed by atoms with van der Waals surface area (Å²) in [6, 6.07) is 33.4. The minimum Gasteiger partial charge on any atom is -0.0868 e. The highest BCUT2D eigenvalue weighted by Crippen LogP contribution is 2.71. The molecule has 120 valence electrons. The molecule has 0 saturated carbocycles. The van der Waals surface area contributed by atoms with Gasteiger partial charge in [0, 0.05) is 11.3 Å². The molecule has 2 unspecified atom stereocenters. The molecule has 1 heteroatoms. The summed E-state index contributed by atoms with van der Waals surface area (Å²) in [5.41, 5.74) is 6.03. The van der Waals surface area contributed by atoms with Gasteiger partial charge < -0.3 is 0 Å². The van der Waals surface area contributed by atoms with E-state index < -0.39 is 0 Å². The Labute approximate surface area is 146 Å². The first-order chi connectivity index (χ1) is 11.9. The highest BCUT2D eigenvalue weighted by atomic mass is 31.1. The molecule has 1 heterocycles. The van der Waals surface area contributed by atoms with Crippen LogP contribution in [0.5, 0.6) is 0 Å². The van der Waals surface area contributed by atoms with Crippen LogP contribution in [0.3, 0.4) is 0 Å². The molecule has 0 spiro atoms. The quantitative estimate of drug-likeness (QED) is 0.454. The Morgan fingerprint density at radius 3 is 1.46 bits per heavy atom. The molecule has 2 atom stereocenters. The second-order valence-electron chi connectivity index (χ2n) is 6.59. The predicted molar refractivity (Wildman–Crippen MR) is 105 cm³/mol. The van der Waals surface area contributed by atoms with Gasteiger partial charge in [-0.2, -0.15) is 0 Å². The maximum atomic E-state index is 2.33. The minimum absolute atomic E-state index is 0.101. The number of benzene rings is 3. The van der Waals surface area contributed by atoms with Crippen LogP contribution < -0.4 is 0 Å². The van der Waals surface area contributed by atoms with Crippen LogP contribution in [0.25, 0.3) is 0 Å². The van der Waals surface area contributed by atoms with Gasteiger partial charge in [-0.15, -0.1) is 0 Å². The van der Waals surface area contributed by atoms with Crippen LogP contribution >= 0.6 is 7.92 Å². The Kier molecular flexibility index (Phi) is 4.76. The Balaban J connectivity index is 1.67. The van der Waals surface area contributed by atoms with Crippen LogP contribution in [0.15, 0.2) is 91.0 Å². The van der Waals surface area contributed by atoms with Gasteiger partial charge in [-0.25, -0.2) is 0 Å². The summed E-state index contributed by atoms with van der Waals surface area (Å²) < 4.78 is 0. The molecule has 1 fully saturated rings. The van der Waals surface area contributed by atoms with Crippen molar-refractivity contribution in [3.63, 3.8) is 0 Å². The largest absolute Gasteiger partial charge is 0.0868 e. The topological polar surface area (TPSA) is 0 Å². The van der Waals surface area contributed by atoms with Crippen molar-refractivity contribution in [1.29, 1.82) is 0 Å². The second kappa shape index (κ2) is 7.32. The van der Waals surface area contributed by atoms with Crippen LogP contribution in [-0.4, -0.2) is 0 Å². The number of hydrogen-bond donors (Lipinski definition) is 0. The summed E-state index contributed by atoms with van der Waals surface area (Å²) in [6.45, 7) is 0. The summed E-state index contributed by atoms with van der Waals surface area (Å²) >= 11 is 0. The molecule has 3 aromatic rings. The first-order valence-electron chi connectivity index (χ1n) is 8.81. The molecule has 1 saturated heterocycles. The molecule has 1 aliphatic heterocycles. The standard InChI is InChI=1S/C23H23P/c1-4-10-19(11-5-1)18-24-22(20-12-6-2-7-13-20)16-17-23(24)21-14-8-3-9-15-21/h1-15,22-23H,16-18H2. The Morgan fingerprint density at radius 2 is 1.00 bits per heavy atom. The van der Waals surface area contributed by atoms with Gasteiger partial charge in [0.25, 0.3) is 0 Å². The lowest BCUT2D eigenvalue weighted by Crippen LogP contribution is -1.97. The van der Waals surface area contributed by atoms with Gasteiger partial charge in [0.15, 0.2) is 0 Å². The summed E-state index contributed by atoms with van der Waals surface area (Å²) in [6.07, 6.45) is 3.87. The Hall–Kier alpha value is -1.91. The minimum atomic E-state index is -0.101. The van der Waals surface area contributed by atoms with Gasteiger partial charge in [-0.05, 0) is 35.7 Å². The van der Waals surface area contributed by atoms with E-state index in [1.54, 1.807) is 0 Å². The average Bonchev–Trinajstić information content (AvgIpc) is 3.07. The lowest BCUT2D eigenvalue weighted by atomic mass is 10.0. The van der Waals surface area contributed by atoms with Crippen LogP contribution in [0.2, 0.25) is 0 Å². The zero-order valence-electron chi connectivity index (χ0n) is 13.9. The monoisotopic (exact) mass is 330 g/mol. The fraction of sp³-hybridized carbons (Fsp3) is 0.217. The third-order valence-electron chi connectivity index (χ3n) is 5.09. The molecule has 0 bridgehead atoms. The van der Waals surface area contributed by atoms with Crippen molar-refractivity contribution in [2.75, 3.05) is 0 Å². The van der Waals surface area contributed by atoms with Crippen molar-refractivity contribution in [1.82, 2.24) is 0 Å². The zero-order valence-corrected chi connectivity index (χ0v) is 14.8. The van der Waals surface area contributed by atoms with Gasteiger partial charge in [-0.3, -0.25) is 0 Å². The van der Waals surface area contributed by atoms with E-state index in [1.165, 1.54) is 35.7 Å². The van der Waals surface area contributed by atoms with Gasteiger partial charge in [0.05, 0.1) is 0 Å². The van der Waals surface area contributed by atoms with E-state index in [-0.39, 0.29) is 7.92 Å². The van der Waals surface area contributed by atoms with Crippen molar-refractivity contribution in [3.05, 3.63) is 108 Å². The SMILES string of the molecule is c1ccc(CP2C(c3ccccc3)CCC2c2ccccc2)cc1. The third-order valence-corrected chi connectivity index (χ3v) is 8.54. The molecule has 24 heavy (non-hydrogen) atoms. The maximum absolute atomic E-state index is 2.33. The van der Waals surface area contributed by atoms with Crippen LogP contribution in [-0.2, 0) is 6.16 Å². The van der Waals surface area contributed by atoms with Crippen molar-refractivity contribution < 1.29 is 0 Å². The molecule has 0 aliphatic carbocycles. The van der Waals surface area contributed by atoms with Crippen molar-refractivity contribution >= 4 is 7.92 Å².